The molecule has 0 aromatic carbocycles. The van der Waals surface area contributed by atoms with E-state index in [0.29, 0.717) is 5.41 Å². The van der Waals surface area contributed by atoms with E-state index < -0.39 is 0 Å². The second-order valence-corrected chi connectivity index (χ2v) is 5.55. The first-order valence-electron chi connectivity index (χ1n) is 5.01. The highest BCUT2D eigenvalue weighted by Gasteiger charge is 2.41. The third-order valence-corrected chi connectivity index (χ3v) is 3.86. The van der Waals surface area contributed by atoms with Gasteiger partial charge in [-0.3, -0.25) is 0 Å². The molecule has 0 radical (unpaired) electrons. The molecule has 0 unspecified atom stereocenters. The zero-order chi connectivity index (χ0) is 10.7. The lowest BCUT2D eigenvalue weighted by atomic mass is 10.0. The lowest BCUT2D eigenvalue weighted by Crippen LogP contribution is -2.17. The van der Waals surface area contributed by atoms with Crippen LogP contribution in [0.4, 0.5) is 5.82 Å². The van der Waals surface area contributed by atoms with Gasteiger partial charge in [-0.25, -0.2) is 9.97 Å². The summed E-state index contributed by atoms with van der Waals surface area (Å²) in [5.74, 6) is 1.69. The van der Waals surface area contributed by atoms with Crippen LogP contribution in [0.3, 0.4) is 0 Å². The first-order chi connectivity index (χ1) is 7.26. The molecule has 1 aromatic rings. The second-order valence-electron chi connectivity index (χ2n) is 4.01. The molecule has 1 fully saturated rings. The largest absolute Gasteiger partial charge is 0.369 e. The number of hydrogen-bond acceptors (Lipinski definition) is 3. The van der Waals surface area contributed by atoms with Gasteiger partial charge in [0.2, 0.25) is 0 Å². The van der Waals surface area contributed by atoms with Crippen molar-refractivity contribution in [1.29, 1.82) is 0 Å². The van der Waals surface area contributed by atoms with Gasteiger partial charge < -0.3 is 5.32 Å². The third-order valence-electron chi connectivity index (χ3n) is 2.88. The van der Waals surface area contributed by atoms with E-state index in [0.717, 1.165) is 28.2 Å². The summed E-state index contributed by atoms with van der Waals surface area (Å²) < 4.78 is 1.07. The van der Waals surface area contributed by atoms with Crippen molar-refractivity contribution >= 4 is 40.0 Å². The predicted octanol–water partition coefficient (Wildman–Crippen LogP) is 2.90. The van der Waals surface area contributed by atoms with Crippen LogP contribution in [0.25, 0.3) is 0 Å². The summed E-state index contributed by atoms with van der Waals surface area (Å²) in [6, 6.07) is 0. The van der Waals surface area contributed by atoms with Crippen LogP contribution < -0.4 is 5.32 Å². The first kappa shape index (κ1) is 11.4. The highest BCUT2D eigenvalue weighted by atomic mass is 127. The molecule has 0 bridgehead atoms. The Balaban J connectivity index is 1.91. The van der Waals surface area contributed by atoms with Crippen molar-refractivity contribution in [3.05, 3.63) is 16.1 Å². The molecule has 15 heavy (non-hydrogen) atoms. The molecule has 1 saturated carbocycles. The number of alkyl halides is 1. The summed E-state index contributed by atoms with van der Waals surface area (Å²) >= 11 is 8.02. The zero-order valence-corrected chi connectivity index (χ0v) is 11.3. The Morgan fingerprint density at radius 1 is 1.53 bits per heavy atom. The van der Waals surface area contributed by atoms with Crippen LogP contribution in [-0.4, -0.2) is 22.4 Å². The number of aromatic nitrogens is 2. The van der Waals surface area contributed by atoms with Gasteiger partial charge in [0, 0.05) is 18.6 Å². The van der Waals surface area contributed by atoms with Crippen molar-refractivity contribution in [2.75, 3.05) is 17.7 Å². The van der Waals surface area contributed by atoms with Crippen LogP contribution in [0.1, 0.15) is 19.3 Å². The van der Waals surface area contributed by atoms with E-state index in [1.54, 1.807) is 6.33 Å². The quantitative estimate of drug-likeness (QED) is 0.663. The van der Waals surface area contributed by atoms with E-state index >= 15 is 0 Å². The number of anilines is 1. The summed E-state index contributed by atoms with van der Waals surface area (Å²) in [4.78, 5) is 8.17. The molecule has 1 heterocycles. The SMILES string of the molecule is ClCCC1(CNc2ncncc2I)CC1. The van der Waals surface area contributed by atoms with Crippen LogP contribution in [0.2, 0.25) is 0 Å². The van der Waals surface area contributed by atoms with E-state index in [2.05, 4.69) is 37.9 Å². The lowest BCUT2D eigenvalue weighted by molar-refractivity contribution is 0.523. The topological polar surface area (TPSA) is 37.8 Å². The highest BCUT2D eigenvalue weighted by Crippen LogP contribution is 2.48. The molecular weight excluding hydrogens is 324 g/mol. The number of nitrogens with zero attached hydrogens (tertiary/aromatic N) is 2. The van der Waals surface area contributed by atoms with Gasteiger partial charge in [0.1, 0.15) is 12.1 Å². The second kappa shape index (κ2) is 4.82. The minimum absolute atomic E-state index is 0.440. The van der Waals surface area contributed by atoms with E-state index in [4.69, 9.17) is 11.6 Å². The molecule has 1 aliphatic rings. The summed E-state index contributed by atoms with van der Waals surface area (Å²) in [6.07, 6.45) is 7.06. The van der Waals surface area contributed by atoms with Gasteiger partial charge >= 0.3 is 0 Å². The van der Waals surface area contributed by atoms with Gasteiger partial charge in [0.15, 0.2) is 0 Å². The molecular formula is C10H13ClIN3. The first-order valence-corrected chi connectivity index (χ1v) is 6.62. The van der Waals surface area contributed by atoms with Gasteiger partial charge in [-0.15, -0.1) is 11.6 Å². The summed E-state index contributed by atoms with van der Waals surface area (Å²) in [6.45, 7) is 0.979. The Morgan fingerprint density at radius 3 is 2.93 bits per heavy atom. The minimum Gasteiger partial charge on any atom is -0.369 e. The fourth-order valence-corrected chi connectivity index (χ4v) is 2.50. The van der Waals surface area contributed by atoms with E-state index in [1.807, 2.05) is 6.20 Å². The van der Waals surface area contributed by atoms with Crippen molar-refractivity contribution in [2.24, 2.45) is 5.41 Å². The molecule has 0 atom stereocenters. The Bertz CT molecular complexity index is 341. The van der Waals surface area contributed by atoms with Crippen molar-refractivity contribution in [3.8, 4) is 0 Å². The van der Waals surface area contributed by atoms with Gasteiger partial charge in [0.25, 0.3) is 0 Å². The maximum Gasteiger partial charge on any atom is 0.142 e. The fraction of sp³-hybridized carbons (Fsp3) is 0.600. The molecule has 3 nitrogen and oxygen atoms in total. The highest BCUT2D eigenvalue weighted by molar-refractivity contribution is 14.1. The van der Waals surface area contributed by atoms with Crippen molar-refractivity contribution in [1.82, 2.24) is 9.97 Å². The van der Waals surface area contributed by atoms with Crippen molar-refractivity contribution in [2.45, 2.75) is 19.3 Å². The molecule has 0 amide bonds. The van der Waals surface area contributed by atoms with Crippen LogP contribution in [-0.2, 0) is 0 Å². The average Bonchev–Trinajstić information content (AvgIpc) is 2.98. The molecule has 1 aromatic heterocycles. The third kappa shape index (κ3) is 2.93. The van der Waals surface area contributed by atoms with E-state index in [9.17, 15) is 0 Å². The Hall–Kier alpha value is -0.100. The maximum atomic E-state index is 5.78. The number of nitrogens with one attached hydrogen (secondary N) is 1. The molecule has 2 rings (SSSR count). The molecule has 0 saturated heterocycles. The zero-order valence-electron chi connectivity index (χ0n) is 8.34. The normalized spacial score (nSPS) is 17.5. The van der Waals surface area contributed by atoms with Crippen molar-refractivity contribution < 1.29 is 0 Å². The molecule has 0 aliphatic heterocycles. The lowest BCUT2D eigenvalue weighted by Gasteiger charge is -2.15. The Kier molecular flexibility index (Phi) is 3.66. The van der Waals surface area contributed by atoms with E-state index in [1.165, 1.54) is 12.8 Å². The smallest absolute Gasteiger partial charge is 0.142 e. The van der Waals surface area contributed by atoms with Gasteiger partial charge in [0.05, 0.1) is 3.57 Å². The monoisotopic (exact) mass is 337 g/mol. The van der Waals surface area contributed by atoms with Crippen LogP contribution in [0.15, 0.2) is 12.5 Å². The Labute approximate surface area is 108 Å². The maximum absolute atomic E-state index is 5.78. The minimum atomic E-state index is 0.440. The Morgan fingerprint density at radius 2 is 2.33 bits per heavy atom. The molecule has 82 valence electrons. The molecule has 1 N–H and O–H groups in total. The molecule has 5 heteroatoms. The van der Waals surface area contributed by atoms with Crippen LogP contribution in [0, 0.1) is 8.99 Å². The predicted molar refractivity (Wildman–Crippen MR) is 70.2 cm³/mol. The van der Waals surface area contributed by atoms with Gasteiger partial charge in [-0.1, -0.05) is 0 Å². The van der Waals surface area contributed by atoms with Gasteiger partial charge in [-0.2, -0.15) is 0 Å². The van der Waals surface area contributed by atoms with E-state index in [-0.39, 0.29) is 0 Å². The van der Waals surface area contributed by atoms with Gasteiger partial charge in [-0.05, 0) is 47.3 Å². The summed E-state index contributed by atoms with van der Waals surface area (Å²) in [5, 5.41) is 3.38. The van der Waals surface area contributed by atoms with Crippen LogP contribution in [0.5, 0.6) is 0 Å². The van der Waals surface area contributed by atoms with Crippen LogP contribution >= 0.6 is 34.2 Å². The number of hydrogen-bond donors (Lipinski definition) is 1. The fourth-order valence-electron chi connectivity index (χ4n) is 1.61. The number of halogens is 2. The summed E-state index contributed by atoms with van der Waals surface area (Å²) in [7, 11) is 0. The standard InChI is InChI=1S/C10H13ClIN3/c11-4-3-10(1-2-10)6-14-9-8(12)5-13-7-15-9/h5,7H,1-4,6H2,(H,13,14,15). The molecule has 1 aliphatic carbocycles. The van der Waals surface area contributed by atoms with Crippen molar-refractivity contribution in [3.63, 3.8) is 0 Å². The number of rotatable bonds is 5. The average molecular weight is 338 g/mol. The molecule has 0 spiro atoms. The summed E-state index contributed by atoms with van der Waals surface area (Å²) in [5.41, 5.74) is 0.440.